The molecule has 19 heavy (non-hydrogen) atoms. The van der Waals surface area contributed by atoms with E-state index < -0.39 is 0 Å². The van der Waals surface area contributed by atoms with E-state index in [2.05, 4.69) is 4.90 Å². The molecule has 0 heterocycles. The van der Waals surface area contributed by atoms with Gasteiger partial charge in [-0.15, -0.1) is 0 Å². The first kappa shape index (κ1) is 14.6. The number of phenols is 1. The molecule has 1 aromatic carbocycles. The lowest BCUT2D eigenvalue weighted by molar-refractivity contribution is 0.107. The summed E-state index contributed by atoms with van der Waals surface area (Å²) in [4.78, 5) is 2.14. The summed E-state index contributed by atoms with van der Waals surface area (Å²) in [5, 5.41) is 20.6. The van der Waals surface area contributed by atoms with Crippen molar-refractivity contribution in [2.75, 3.05) is 13.6 Å². The van der Waals surface area contributed by atoms with Crippen LogP contribution in [0.15, 0.2) is 12.1 Å². The average molecular weight is 284 g/mol. The first-order valence-electron chi connectivity index (χ1n) is 6.82. The van der Waals surface area contributed by atoms with E-state index in [4.69, 9.17) is 11.6 Å². The maximum atomic E-state index is 10.0. The Kier molecular flexibility index (Phi) is 4.71. The van der Waals surface area contributed by atoms with Gasteiger partial charge in [0.1, 0.15) is 5.75 Å². The van der Waals surface area contributed by atoms with Gasteiger partial charge in [0.2, 0.25) is 0 Å². The second kappa shape index (κ2) is 6.12. The van der Waals surface area contributed by atoms with Crippen molar-refractivity contribution in [3.63, 3.8) is 0 Å². The van der Waals surface area contributed by atoms with Crippen molar-refractivity contribution in [3.8, 4) is 5.75 Å². The second-order valence-electron chi connectivity index (χ2n) is 5.69. The lowest BCUT2D eigenvalue weighted by Crippen LogP contribution is -2.29. The first-order chi connectivity index (χ1) is 8.97. The molecule has 1 aliphatic carbocycles. The summed E-state index contributed by atoms with van der Waals surface area (Å²) in [6.07, 6.45) is 2.95. The van der Waals surface area contributed by atoms with Gasteiger partial charge in [-0.1, -0.05) is 18.0 Å². The molecule has 1 aliphatic rings. The Morgan fingerprint density at radius 1 is 1.37 bits per heavy atom. The van der Waals surface area contributed by atoms with E-state index in [0.29, 0.717) is 23.2 Å². The largest absolute Gasteiger partial charge is 0.507 e. The Balaban J connectivity index is 2.00. The summed E-state index contributed by atoms with van der Waals surface area (Å²) in [5.41, 5.74) is 1.65. The van der Waals surface area contributed by atoms with Crippen LogP contribution in [0.2, 0.25) is 5.02 Å². The summed E-state index contributed by atoms with van der Waals surface area (Å²) in [6.45, 7) is 3.36. The number of aliphatic hydroxyl groups excluding tert-OH is 1. The van der Waals surface area contributed by atoms with Crippen LogP contribution in [0.25, 0.3) is 0 Å². The quantitative estimate of drug-likeness (QED) is 0.893. The van der Waals surface area contributed by atoms with Gasteiger partial charge < -0.3 is 15.1 Å². The van der Waals surface area contributed by atoms with E-state index in [9.17, 15) is 10.2 Å². The molecule has 0 radical (unpaired) electrons. The van der Waals surface area contributed by atoms with Crippen LogP contribution in [0, 0.1) is 12.8 Å². The molecule has 0 bridgehead atoms. The van der Waals surface area contributed by atoms with Gasteiger partial charge in [-0.05, 0) is 50.4 Å². The van der Waals surface area contributed by atoms with E-state index in [1.165, 1.54) is 0 Å². The van der Waals surface area contributed by atoms with Gasteiger partial charge >= 0.3 is 0 Å². The van der Waals surface area contributed by atoms with E-state index in [0.717, 1.165) is 36.9 Å². The molecule has 0 aromatic heterocycles. The van der Waals surface area contributed by atoms with Crippen LogP contribution in [0.1, 0.15) is 30.4 Å². The topological polar surface area (TPSA) is 43.7 Å². The maximum absolute atomic E-state index is 10.0. The van der Waals surface area contributed by atoms with E-state index >= 15 is 0 Å². The van der Waals surface area contributed by atoms with Crippen molar-refractivity contribution < 1.29 is 10.2 Å². The number of rotatable bonds is 4. The van der Waals surface area contributed by atoms with Gasteiger partial charge in [0.25, 0.3) is 0 Å². The SMILES string of the molecule is Cc1cc(Cl)cc(CN(C)CC2CCCC2O)c1O. The molecular formula is C15H22ClNO2. The molecule has 106 valence electrons. The Labute approximate surface area is 119 Å². The Morgan fingerprint density at radius 3 is 2.74 bits per heavy atom. The van der Waals surface area contributed by atoms with Crippen LogP contribution < -0.4 is 0 Å². The number of aryl methyl sites for hydroxylation is 1. The van der Waals surface area contributed by atoms with Crippen molar-refractivity contribution in [2.24, 2.45) is 5.92 Å². The lowest BCUT2D eigenvalue weighted by Gasteiger charge is -2.23. The van der Waals surface area contributed by atoms with Gasteiger partial charge in [0.15, 0.2) is 0 Å². The molecule has 2 unspecified atom stereocenters. The van der Waals surface area contributed by atoms with Gasteiger partial charge in [-0.2, -0.15) is 0 Å². The summed E-state index contributed by atoms with van der Waals surface area (Å²) >= 11 is 6.03. The molecule has 3 nitrogen and oxygen atoms in total. The zero-order valence-corrected chi connectivity index (χ0v) is 12.3. The van der Waals surface area contributed by atoms with Crippen molar-refractivity contribution in [1.29, 1.82) is 0 Å². The molecule has 0 amide bonds. The monoisotopic (exact) mass is 283 g/mol. The second-order valence-corrected chi connectivity index (χ2v) is 6.12. The molecule has 1 saturated carbocycles. The fourth-order valence-corrected chi connectivity index (χ4v) is 3.21. The molecule has 1 fully saturated rings. The van der Waals surface area contributed by atoms with Crippen LogP contribution >= 0.6 is 11.6 Å². The maximum Gasteiger partial charge on any atom is 0.123 e. The molecule has 0 spiro atoms. The van der Waals surface area contributed by atoms with E-state index in [-0.39, 0.29) is 6.10 Å². The number of benzene rings is 1. The molecule has 0 saturated heterocycles. The van der Waals surface area contributed by atoms with Crippen LogP contribution in [0.3, 0.4) is 0 Å². The molecule has 2 rings (SSSR count). The summed E-state index contributed by atoms with van der Waals surface area (Å²) < 4.78 is 0. The predicted octanol–water partition coefficient (Wildman–Crippen LogP) is 2.95. The van der Waals surface area contributed by atoms with Crippen molar-refractivity contribution in [3.05, 3.63) is 28.3 Å². The lowest BCUT2D eigenvalue weighted by atomic mass is 10.0. The molecule has 2 atom stereocenters. The van der Waals surface area contributed by atoms with Gasteiger partial charge in [-0.25, -0.2) is 0 Å². The smallest absolute Gasteiger partial charge is 0.123 e. The standard InChI is InChI=1S/C15H22ClNO2/c1-10-6-13(16)7-12(15(10)19)9-17(2)8-11-4-3-5-14(11)18/h6-7,11,14,18-19H,3-5,8-9H2,1-2H3. The number of hydrogen-bond acceptors (Lipinski definition) is 3. The Bertz CT molecular complexity index is 450. The summed E-state index contributed by atoms with van der Waals surface area (Å²) in [7, 11) is 2.01. The predicted molar refractivity (Wildman–Crippen MR) is 77.5 cm³/mol. The summed E-state index contributed by atoms with van der Waals surface area (Å²) in [5.74, 6) is 0.677. The number of aromatic hydroxyl groups is 1. The summed E-state index contributed by atoms with van der Waals surface area (Å²) in [6, 6.07) is 3.58. The van der Waals surface area contributed by atoms with Crippen LogP contribution in [-0.4, -0.2) is 34.8 Å². The average Bonchev–Trinajstić information content (AvgIpc) is 2.71. The fourth-order valence-electron chi connectivity index (χ4n) is 2.91. The van der Waals surface area contributed by atoms with Crippen LogP contribution in [-0.2, 0) is 6.54 Å². The number of hydrogen-bond donors (Lipinski definition) is 2. The van der Waals surface area contributed by atoms with Crippen molar-refractivity contribution in [2.45, 2.75) is 38.8 Å². The van der Waals surface area contributed by atoms with Gasteiger partial charge in [-0.3, -0.25) is 0 Å². The zero-order valence-electron chi connectivity index (χ0n) is 11.6. The Morgan fingerprint density at radius 2 is 2.11 bits per heavy atom. The van der Waals surface area contributed by atoms with Gasteiger partial charge in [0.05, 0.1) is 6.10 Å². The van der Waals surface area contributed by atoms with Crippen molar-refractivity contribution >= 4 is 11.6 Å². The number of aliphatic hydroxyl groups is 1. The third-order valence-corrected chi connectivity index (χ3v) is 4.17. The molecular weight excluding hydrogens is 262 g/mol. The molecule has 1 aromatic rings. The third kappa shape index (κ3) is 3.62. The normalized spacial score (nSPS) is 23.2. The van der Waals surface area contributed by atoms with Crippen LogP contribution in [0.5, 0.6) is 5.75 Å². The fraction of sp³-hybridized carbons (Fsp3) is 0.600. The number of phenolic OH excluding ortho intramolecular Hbond substituents is 1. The highest BCUT2D eigenvalue weighted by Gasteiger charge is 2.26. The minimum absolute atomic E-state index is 0.169. The minimum Gasteiger partial charge on any atom is -0.507 e. The minimum atomic E-state index is -0.169. The third-order valence-electron chi connectivity index (χ3n) is 3.95. The van der Waals surface area contributed by atoms with Crippen molar-refractivity contribution in [1.82, 2.24) is 4.90 Å². The molecule has 4 heteroatoms. The zero-order chi connectivity index (χ0) is 14.0. The van der Waals surface area contributed by atoms with Gasteiger partial charge in [0, 0.05) is 23.7 Å². The number of nitrogens with zero attached hydrogens (tertiary/aromatic N) is 1. The Hall–Kier alpha value is -0.770. The van der Waals surface area contributed by atoms with E-state index in [1.807, 2.05) is 20.0 Å². The highest BCUT2D eigenvalue weighted by Crippen LogP contribution is 2.29. The molecule has 2 N–H and O–H groups in total. The number of halogens is 1. The molecule has 0 aliphatic heterocycles. The highest BCUT2D eigenvalue weighted by atomic mass is 35.5. The van der Waals surface area contributed by atoms with Crippen LogP contribution in [0.4, 0.5) is 0 Å². The first-order valence-corrected chi connectivity index (χ1v) is 7.19. The highest BCUT2D eigenvalue weighted by molar-refractivity contribution is 6.30. The van der Waals surface area contributed by atoms with E-state index in [1.54, 1.807) is 6.07 Å².